The molecule has 1 aromatic carbocycles. The zero-order valence-corrected chi connectivity index (χ0v) is 11.5. The summed E-state index contributed by atoms with van der Waals surface area (Å²) >= 11 is 0. The fourth-order valence-electron chi connectivity index (χ4n) is 1.86. The lowest BCUT2D eigenvalue weighted by atomic mass is 10.1. The lowest BCUT2D eigenvalue weighted by Gasteiger charge is -2.11. The summed E-state index contributed by atoms with van der Waals surface area (Å²) in [6, 6.07) is 5.03. The van der Waals surface area contributed by atoms with Crippen LogP contribution >= 0.6 is 0 Å². The molecular formula is C14H15NO5. The average Bonchev–Trinajstić information content (AvgIpc) is 2.74. The van der Waals surface area contributed by atoms with E-state index in [1.165, 1.54) is 4.90 Å². The van der Waals surface area contributed by atoms with E-state index in [-0.39, 0.29) is 18.3 Å². The van der Waals surface area contributed by atoms with E-state index in [9.17, 15) is 9.59 Å². The molecule has 2 rings (SSSR count). The van der Waals surface area contributed by atoms with Crippen LogP contribution in [0, 0.1) is 6.92 Å². The third-order valence-electron chi connectivity index (χ3n) is 2.96. The second-order valence-electron chi connectivity index (χ2n) is 4.57. The molecule has 0 saturated heterocycles. The van der Waals surface area contributed by atoms with E-state index >= 15 is 0 Å². The van der Waals surface area contributed by atoms with Crippen molar-refractivity contribution in [3.63, 3.8) is 0 Å². The number of fused-ring (bicyclic) bond motifs is 1. The van der Waals surface area contributed by atoms with Crippen LogP contribution in [-0.2, 0) is 4.79 Å². The number of furan rings is 1. The Balaban J connectivity index is 2.39. The highest BCUT2D eigenvalue weighted by molar-refractivity contribution is 5.97. The fraction of sp³-hybridized carbons (Fsp3) is 0.286. The first-order valence-corrected chi connectivity index (χ1v) is 6.00. The van der Waals surface area contributed by atoms with E-state index in [1.807, 2.05) is 0 Å². The molecule has 0 aliphatic carbocycles. The Kier molecular flexibility index (Phi) is 3.65. The molecule has 0 fully saturated rings. The second kappa shape index (κ2) is 5.24. The van der Waals surface area contributed by atoms with Gasteiger partial charge in [0, 0.05) is 19.7 Å². The largest absolute Gasteiger partial charge is 0.483 e. The third kappa shape index (κ3) is 2.45. The van der Waals surface area contributed by atoms with Crippen LogP contribution in [0.5, 0.6) is 5.75 Å². The molecule has 0 saturated carbocycles. The lowest BCUT2D eigenvalue weighted by molar-refractivity contribution is -0.130. The maximum Gasteiger partial charge on any atom is 0.372 e. The number of carboxylic acids is 1. The minimum atomic E-state index is -1.13. The summed E-state index contributed by atoms with van der Waals surface area (Å²) in [7, 11) is 3.27. The van der Waals surface area contributed by atoms with Crippen molar-refractivity contribution in [2.24, 2.45) is 0 Å². The molecule has 6 heteroatoms. The number of amides is 1. The fourth-order valence-corrected chi connectivity index (χ4v) is 1.86. The molecule has 0 bridgehead atoms. The number of carboxylic acid groups (broad SMARTS) is 1. The summed E-state index contributed by atoms with van der Waals surface area (Å²) in [4.78, 5) is 24.0. The standard InChI is InChI=1S/C14H15NO5/c1-8-12-9(19-7-11(16)15(2)3)5-4-6-10(12)20-13(8)14(17)18/h4-6H,7H2,1-3H3,(H,17,18). The number of carbonyl (C=O) groups is 2. The van der Waals surface area contributed by atoms with Gasteiger partial charge < -0.3 is 19.2 Å². The minimum absolute atomic E-state index is 0.112. The molecule has 20 heavy (non-hydrogen) atoms. The third-order valence-corrected chi connectivity index (χ3v) is 2.96. The number of hydrogen-bond acceptors (Lipinski definition) is 4. The van der Waals surface area contributed by atoms with Crippen molar-refractivity contribution < 1.29 is 23.8 Å². The van der Waals surface area contributed by atoms with Crippen LogP contribution in [0.25, 0.3) is 11.0 Å². The number of ether oxygens (including phenoxy) is 1. The van der Waals surface area contributed by atoms with E-state index < -0.39 is 5.97 Å². The number of rotatable bonds is 4. The Hall–Kier alpha value is -2.50. The molecule has 1 amide bonds. The first-order valence-electron chi connectivity index (χ1n) is 6.00. The van der Waals surface area contributed by atoms with Crippen molar-refractivity contribution in [2.75, 3.05) is 20.7 Å². The highest BCUT2D eigenvalue weighted by Crippen LogP contribution is 2.33. The summed E-state index contributed by atoms with van der Waals surface area (Å²) in [5.41, 5.74) is 0.912. The number of benzene rings is 1. The van der Waals surface area contributed by atoms with Gasteiger partial charge >= 0.3 is 5.97 Å². The number of carbonyl (C=O) groups excluding carboxylic acids is 1. The number of nitrogens with zero attached hydrogens (tertiary/aromatic N) is 1. The van der Waals surface area contributed by atoms with Crippen LogP contribution in [-0.4, -0.2) is 42.6 Å². The van der Waals surface area contributed by atoms with Gasteiger partial charge in [-0.15, -0.1) is 0 Å². The number of aryl methyl sites for hydroxylation is 1. The molecule has 1 aromatic heterocycles. The highest BCUT2D eigenvalue weighted by atomic mass is 16.5. The van der Waals surface area contributed by atoms with Crippen molar-refractivity contribution in [1.29, 1.82) is 0 Å². The topological polar surface area (TPSA) is 80.0 Å². The average molecular weight is 277 g/mol. The lowest BCUT2D eigenvalue weighted by Crippen LogP contribution is -2.27. The van der Waals surface area contributed by atoms with E-state index in [1.54, 1.807) is 39.2 Å². The maximum absolute atomic E-state index is 11.5. The van der Waals surface area contributed by atoms with E-state index in [0.29, 0.717) is 22.3 Å². The zero-order valence-electron chi connectivity index (χ0n) is 11.5. The maximum atomic E-state index is 11.5. The molecule has 0 aliphatic heterocycles. The summed E-state index contributed by atoms with van der Waals surface area (Å²) in [6.45, 7) is 1.54. The SMILES string of the molecule is Cc1c(C(=O)O)oc2cccc(OCC(=O)N(C)C)c12. The smallest absolute Gasteiger partial charge is 0.372 e. The molecule has 1 N–H and O–H groups in total. The molecule has 0 unspecified atom stereocenters. The second-order valence-corrected chi connectivity index (χ2v) is 4.57. The first kappa shape index (κ1) is 13.9. The van der Waals surface area contributed by atoms with E-state index in [2.05, 4.69) is 0 Å². The molecule has 0 aliphatic rings. The predicted octanol–water partition coefficient (Wildman–Crippen LogP) is 1.91. The Morgan fingerprint density at radius 1 is 1.35 bits per heavy atom. The van der Waals surface area contributed by atoms with Gasteiger partial charge in [0.15, 0.2) is 6.61 Å². The number of aromatic carboxylic acids is 1. The summed E-state index contributed by atoms with van der Waals surface area (Å²) < 4.78 is 10.8. The van der Waals surface area contributed by atoms with E-state index in [0.717, 1.165) is 0 Å². The molecular weight excluding hydrogens is 262 g/mol. The van der Waals surface area contributed by atoms with Crippen LogP contribution < -0.4 is 4.74 Å². The van der Waals surface area contributed by atoms with Crippen LogP contribution in [0.4, 0.5) is 0 Å². The Bertz CT molecular complexity index is 671. The molecule has 6 nitrogen and oxygen atoms in total. The van der Waals surface area contributed by atoms with Crippen LogP contribution in [0.2, 0.25) is 0 Å². The van der Waals surface area contributed by atoms with Gasteiger partial charge in [-0.1, -0.05) is 6.07 Å². The molecule has 0 atom stereocenters. The van der Waals surface area contributed by atoms with Crippen molar-refractivity contribution >= 4 is 22.8 Å². The van der Waals surface area contributed by atoms with Gasteiger partial charge in [-0.25, -0.2) is 4.79 Å². The normalized spacial score (nSPS) is 10.6. The summed E-state index contributed by atoms with van der Waals surface area (Å²) in [5, 5.41) is 9.63. The van der Waals surface area contributed by atoms with Crippen LogP contribution in [0.15, 0.2) is 22.6 Å². The summed E-state index contributed by atoms with van der Waals surface area (Å²) in [6.07, 6.45) is 0. The molecule has 0 spiro atoms. The van der Waals surface area contributed by atoms with Gasteiger partial charge in [0.2, 0.25) is 5.76 Å². The van der Waals surface area contributed by atoms with Crippen molar-refractivity contribution in [1.82, 2.24) is 4.90 Å². The Morgan fingerprint density at radius 2 is 2.05 bits per heavy atom. The zero-order chi connectivity index (χ0) is 14.9. The van der Waals surface area contributed by atoms with Gasteiger partial charge in [0.05, 0.1) is 5.39 Å². The minimum Gasteiger partial charge on any atom is -0.483 e. The molecule has 0 radical (unpaired) electrons. The quantitative estimate of drug-likeness (QED) is 0.923. The van der Waals surface area contributed by atoms with Gasteiger partial charge in [-0.2, -0.15) is 0 Å². The highest BCUT2D eigenvalue weighted by Gasteiger charge is 2.19. The molecule has 2 aromatic rings. The van der Waals surface area contributed by atoms with E-state index in [4.69, 9.17) is 14.3 Å². The first-order chi connectivity index (χ1) is 9.41. The Labute approximate surface area is 115 Å². The van der Waals surface area contributed by atoms with Gasteiger partial charge in [0.1, 0.15) is 11.3 Å². The Morgan fingerprint density at radius 3 is 2.65 bits per heavy atom. The van der Waals surface area contributed by atoms with Crippen molar-refractivity contribution in [3.8, 4) is 5.75 Å². The predicted molar refractivity (Wildman–Crippen MR) is 72.1 cm³/mol. The number of hydrogen-bond donors (Lipinski definition) is 1. The van der Waals surface area contributed by atoms with Crippen LogP contribution in [0.3, 0.4) is 0 Å². The van der Waals surface area contributed by atoms with Crippen LogP contribution in [0.1, 0.15) is 16.1 Å². The number of likely N-dealkylation sites (N-methyl/N-ethyl adjacent to an activating group) is 1. The van der Waals surface area contributed by atoms with Gasteiger partial charge in [-0.05, 0) is 19.1 Å². The van der Waals surface area contributed by atoms with Crippen molar-refractivity contribution in [3.05, 3.63) is 29.5 Å². The summed E-state index contributed by atoms with van der Waals surface area (Å²) in [5.74, 6) is -0.989. The monoisotopic (exact) mass is 277 g/mol. The molecule has 106 valence electrons. The van der Waals surface area contributed by atoms with Gasteiger partial charge in [-0.3, -0.25) is 4.79 Å². The molecule has 1 heterocycles. The van der Waals surface area contributed by atoms with Crippen molar-refractivity contribution in [2.45, 2.75) is 6.92 Å². The van der Waals surface area contributed by atoms with Gasteiger partial charge in [0.25, 0.3) is 5.91 Å².